The molecule has 0 radical (unpaired) electrons. The summed E-state index contributed by atoms with van der Waals surface area (Å²) in [6, 6.07) is 7.60. The Morgan fingerprint density at radius 3 is 2.78 bits per heavy atom. The van der Waals surface area contributed by atoms with Crippen molar-refractivity contribution in [2.75, 3.05) is 37.7 Å². The molecule has 264 valence electrons. The van der Waals surface area contributed by atoms with E-state index in [9.17, 15) is 14.3 Å². The number of phenols is 1. The molecule has 2 aromatic carbocycles. The number of aromatic hydroxyl groups is 1. The second kappa shape index (κ2) is 11.9. The van der Waals surface area contributed by atoms with E-state index in [4.69, 9.17) is 9.72 Å². The van der Waals surface area contributed by atoms with Crippen molar-refractivity contribution in [3.63, 3.8) is 0 Å². The predicted molar refractivity (Wildman–Crippen MR) is 185 cm³/mol. The zero-order valence-electron chi connectivity index (χ0n) is 28.5. The first kappa shape index (κ1) is 32.1. The van der Waals surface area contributed by atoms with Gasteiger partial charge in [-0.15, -0.1) is 0 Å². The first-order chi connectivity index (χ1) is 24.6. The molecule has 5 atom stereocenters. The number of anilines is 1. The number of piperidine rings is 1. The van der Waals surface area contributed by atoms with Gasteiger partial charge in [0.25, 0.3) is 5.91 Å². The minimum atomic E-state index is -0.941. The smallest absolute Gasteiger partial charge is 0.319 e. The molecule has 1 aliphatic carbocycles. The van der Waals surface area contributed by atoms with E-state index in [-0.39, 0.29) is 58.8 Å². The van der Waals surface area contributed by atoms with Crippen molar-refractivity contribution >= 4 is 33.4 Å². The first-order valence-electron chi connectivity index (χ1n) is 17.8. The Kier molecular flexibility index (Phi) is 7.50. The van der Waals surface area contributed by atoms with Crippen LogP contribution in [0.15, 0.2) is 42.7 Å². The fourth-order valence-electron chi connectivity index (χ4n) is 9.18. The third kappa shape index (κ3) is 5.22. The first-order valence-corrected chi connectivity index (χ1v) is 17.8. The molecule has 3 aliphatic heterocycles. The number of alkyl halides is 1. The normalized spacial score (nSPS) is 25.8. The van der Waals surface area contributed by atoms with Crippen molar-refractivity contribution < 1.29 is 27.8 Å². The van der Waals surface area contributed by atoms with Crippen molar-refractivity contribution in [1.82, 2.24) is 29.6 Å². The van der Waals surface area contributed by atoms with Crippen molar-refractivity contribution in [3.05, 3.63) is 65.6 Å². The highest BCUT2D eigenvalue weighted by atomic mass is 19.1. The number of aromatic nitrogens is 5. The van der Waals surface area contributed by atoms with E-state index in [1.165, 1.54) is 29.1 Å². The van der Waals surface area contributed by atoms with Gasteiger partial charge >= 0.3 is 6.01 Å². The maximum atomic E-state index is 17.0. The molecule has 13 heteroatoms. The molecule has 1 saturated carbocycles. The van der Waals surface area contributed by atoms with Gasteiger partial charge in [0, 0.05) is 49.9 Å². The van der Waals surface area contributed by atoms with Gasteiger partial charge in [0.1, 0.15) is 41.4 Å². The zero-order chi connectivity index (χ0) is 35.2. The fraction of sp³-hybridized carbons (Fsp3) is 0.447. The molecule has 6 heterocycles. The van der Waals surface area contributed by atoms with Gasteiger partial charge in [0.05, 0.1) is 16.6 Å². The lowest BCUT2D eigenvalue weighted by atomic mass is 9.94. The molecule has 10 nitrogen and oxygen atoms in total. The summed E-state index contributed by atoms with van der Waals surface area (Å²) in [4.78, 5) is 31.5. The highest BCUT2D eigenvalue weighted by molar-refractivity contribution is 6.01. The van der Waals surface area contributed by atoms with E-state index in [1.54, 1.807) is 12.3 Å². The Morgan fingerprint density at radius 2 is 1.98 bits per heavy atom. The minimum Gasteiger partial charge on any atom is -0.508 e. The largest absolute Gasteiger partial charge is 0.508 e. The molecular weight excluding hydrogens is 659 g/mol. The molecule has 4 fully saturated rings. The molecule has 4 aliphatic rings. The average Bonchev–Trinajstić information content (AvgIpc) is 3.30. The number of rotatable bonds is 7. The fourth-order valence-corrected chi connectivity index (χ4v) is 9.18. The molecule has 0 bridgehead atoms. The van der Waals surface area contributed by atoms with E-state index in [0.29, 0.717) is 60.0 Å². The number of halogens is 3. The molecule has 51 heavy (non-hydrogen) atoms. The number of nitrogens with zero attached hydrogens (tertiary/aromatic N) is 7. The summed E-state index contributed by atoms with van der Waals surface area (Å²) < 4.78 is 54.4. The summed E-state index contributed by atoms with van der Waals surface area (Å²) in [5.41, 5.74) is 0.832. The second-order valence-electron chi connectivity index (χ2n) is 14.7. The second-order valence-corrected chi connectivity index (χ2v) is 14.7. The maximum absolute atomic E-state index is 17.0. The van der Waals surface area contributed by atoms with Crippen molar-refractivity contribution in [2.24, 2.45) is 17.8 Å². The summed E-state index contributed by atoms with van der Waals surface area (Å²) in [6.45, 7) is 6.09. The zero-order valence-corrected chi connectivity index (χ0v) is 28.5. The number of carbonyl (C=O) groups is 1. The highest BCUT2D eigenvalue weighted by Gasteiger charge is 2.57. The van der Waals surface area contributed by atoms with Crippen LogP contribution in [0.2, 0.25) is 0 Å². The van der Waals surface area contributed by atoms with Crippen molar-refractivity contribution in [1.29, 1.82) is 0 Å². The number of fused-ring (bicyclic) bond motifs is 4. The van der Waals surface area contributed by atoms with Crippen LogP contribution in [0.25, 0.3) is 32.9 Å². The number of benzene rings is 2. The Hall–Kier alpha value is -4.78. The van der Waals surface area contributed by atoms with Crippen LogP contribution < -0.4 is 9.64 Å². The van der Waals surface area contributed by atoms with Gasteiger partial charge < -0.3 is 14.7 Å². The number of phenolic OH excluding ortho intramolecular Hbond substituents is 1. The molecular formula is C38H38F3N7O3. The molecule has 1 N–H and O–H groups in total. The number of carbonyl (C=O) groups excluding carboxylic acids is 1. The third-order valence-corrected chi connectivity index (χ3v) is 11.7. The van der Waals surface area contributed by atoms with Gasteiger partial charge in [0.2, 0.25) is 0 Å². The van der Waals surface area contributed by atoms with E-state index < -0.39 is 23.3 Å². The lowest BCUT2D eigenvalue weighted by Crippen LogP contribution is -2.43. The summed E-state index contributed by atoms with van der Waals surface area (Å²) in [7, 11) is 0. The number of hydrogen-bond donors (Lipinski definition) is 1. The van der Waals surface area contributed by atoms with Gasteiger partial charge in [-0.25, -0.2) is 17.9 Å². The molecule has 0 spiro atoms. The van der Waals surface area contributed by atoms with E-state index in [1.807, 2.05) is 24.8 Å². The number of ether oxygens (including phenoxy) is 1. The summed E-state index contributed by atoms with van der Waals surface area (Å²) in [5.74, 6) is -0.750. The van der Waals surface area contributed by atoms with Crippen LogP contribution in [-0.2, 0) is 6.42 Å². The van der Waals surface area contributed by atoms with Crippen LogP contribution in [0, 0.1) is 36.3 Å². The van der Waals surface area contributed by atoms with Gasteiger partial charge in [-0.05, 0) is 91.6 Å². The van der Waals surface area contributed by atoms with E-state index in [0.717, 1.165) is 31.5 Å². The molecule has 9 rings (SSSR count). The van der Waals surface area contributed by atoms with Gasteiger partial charge in [0.15, 0.2) is 5.82 Å². The van der Waals surface area contributed by atoms with Gasteiger partial charge in [-0.1, -0.05) is 13.0 Å². The monoisotopic (exact) mass is 697 g/mol. The number of pyridine rings is 1. The lowest BCUT2D eigenvalue weighted by Gasteiger charge is -2.31. The van der Waals surface area contributed by atoms with Crippen LogP contribution in [0.4, 0.5) is 19.0 Å². The number of hydrogen-bond acceptors (Lipinski definition) is 9. The van der Waals surface area contributed by atoms with Crippen LogP contribution in [-0.4, -0.2) is 85.1 Å². The quantitative estimate of drug-likeness (QED) is 0.211. The van der Waals surface area contributed by atoms with Crippen LogP contribution in [0.3, 0.4) is 0 Å². The molecule has 3 saturated heterocycles. The summed E-state index contributed by atoms with van der Waals surface area (Å²) in [5, 5.41) is 16.4. The minimum absolute atomic E-state index is 0.0286. The van der Waals surface area contributed by atoms with Gasteiger partial charge in [-0.2, -0.15) is 15.1 Å². The topological polar surface area (TPSA) is 110 Å². The van der Waals surface area contributed by atoms with Crippen molar-refractivity contribution in [3.8, 4) is 23.0 Å². The van der Waals surface area contributed by atoms with E-state index in [2.05, 4.69) is 20.0 Å². The van der Waals surface area contributed by atoms with Crippen LogP contribution >= 0.6 is 0 Å². The lowest BCUT2D eigenvalue weighted by molar-refractivity contribution is 0.0857. The maximum Gasteiger partial charge on any atom is 0.319 e. The Bertz CT molecular complexity index is 2230. The SMILES string of the molecule is CCc1c(F)ccc2cc(O)cc(-c3ncc4c(N5CC[C@H]6[C@@H](C5)[C@H]6C(=O)n5ccc(C)n5)nc(OC[C@@]56CCCN5C[C@H](F)C6)nc4c3F)c12. The van der Waals surface area contributed by atoms with Gasteiger partial charge in [-0.3, -0.25) is 14.7 Å². The standard InChI is InChI=1S/C38H38F3N7O3/c1-3-24-29(40)6-5-21-13-23(49)14-26(30(21)24)33-32(41)34-27(16-42-33)35(44-37(43-34)51-19-38-9-4-10-47(38)17-22(39)15-38)46-11-8-25-28(18-46)31(25)36(50)48-12-7-20(2)45-48/h5-7,12-14,16,22,25,28,31,49H,3-4,8-11,15,17-19H2,1-2H3/t22-,25+,28-,31+,38+/m1/s1. The third-order valence-electron chi connectivity index (χ3n) is 11.7. The molecule has 5 aromatic rings. The molecule has 0 amide bonds. The predicted octanol–water partition coefficient (Wildman–Crippen LogP) is 6.26. The van der Waals surface area contributed by atoms with Crippen LogP contribution in [0.1, 0.15) is 48.7 Å². The number of aryl methyl sites for hydroxylation is 2. The Labute approximate surface area is 292 Å². The molecule has 0 unspecified atom stereocenters. The average molecular weight is 698 g/mol. The van der Waals surface area contributed by atoms with Crippen molar-refractivity contribution in [2.45, 2.75) is 57.7 Å². The summed E-state index contributed by atoms with van der Waals surface area (Å²) >= 11 is 0. The van der Waals surface area contributed by atoms with E-state index >= 15 is 8.78 Å². The molecule has 3 aromatic heterocycles. The Balaban J connectivity index is 1.13. The summed E-state index contributed by atoms with van der Waals surface area (Å²) in [6.07, 6.45) is 5.45. The van der Waals surface area contributed by atoms with Crippen LogP contribution in [0.5, 0.6) is 11.8 Å². The highest BCUT2D eigenvalue weighted by Crippen LogP contribution is 2.53. The Morgan fingerprint density at radius 1 is 1.12 bits per heavy atom.